The van der Waals surface area contributed by atoms with Crippen molar-refractivity contribution in [2.45, 2.75) is 6.23 Å². The summed E-state index contributed by atoms with van der Waals surface area (Å²) in [6.45, 7) is 0. The van der Waals surface area contributed by atoms with Gasteiger partial charge in [-0.3, -0.25) is 4.98 Å². The number of aromatic nitrogens is 1. The monoisotopic (exact) mass is 235 g/mol. The fourth-order valence-corrected chi connectivity index (χ4v) is 1.60. The maximum atomic E-state index is 5.68. The molecule has 1 aliphatic rings. The largest absolute Gasteiger partial charge is 0.463 e. The molecule has 5 heteroatoms. The second-order valence-corrected chi connectivity index (χ2v) is 3.96. The summed E-state index contributed by atoms with van der Waals surface area (Å²) in [6, 6.07) is 1.92. The van der Waals surface area contributed by atoms with E-state index in [9.17, 15) is 0 Å². The minimum Gasteiger partial charge on any atom is -0.463 e. The summed E-state index contributed by atoms with van der Waals surface area (Å²) in [7, 11) is 1.97. The van der Waals surface area contributed by atoms with Gasteiger partial charge in [-0.25, -0.2) is 0 Å². The molecule has 1 atom stereocenters. The Kier molecular flexibility index (Phi) is 3.05. The summed E-state index contributed by atoms with van der Waals surface area (Å²) >= 11 is 3.97. The number of likely N-dealkylation sites (N-methyl/N-ethyl adjacent to an activating group) is 1. The molecule has 0 aliphatic carbocycles. The molecule has 0 amide bonds. The quantitative estimate of drug-likeness (QED) is 0.603. The number of rotatable bonds is 2. The second-order valence-electron chi connectivity index (χ2n) is 3.44. The molecule has 2 rings (SSSR count). The molecule has 0 aromatic carbocycles. The molecule has 4 nitrogen and oxygen atoms in total. The van der Waals surface area contributed by atoms with Crippen molar-refractivity contribution in [2.75, 3.05) is 11.9 Å². The lowest BCUT2D eigenvalue weighted by Gasteiger charge is -2.16. The Hall–Kier alpha value is -1.62. The molecule has 0 saturated heterocycles. The molecule has 1 aromatic heterocycles. The number of hydrogen-bond donors (Lipinski definition) is 2. The van der Waals surface area contributed by atoms with Gasteiger partial charge < -0.3 is 15.4 Å². The molecule has 84 valence electrons. The molecule has 0 radical (unpaired) electrons. The van der Waals surface area contributed by atoms with E-state index >= 15 is 0 Å². The smallest absolute Gasteiger partial charge is 0.192 e. The molecule has 0 fully saturated rings. The van der Waals surface area contributed by atoms with E-state index in [1.54, 1.807) is 18.5 Å². The summed E-state index contributed by atoms with van der Waals surface area (Å²) < 4.78 is 5.68. The summed E-state index contributed by atoms with van der Waals surface area (Å²) in [4.78, 5) is 6.04. The van der Waals surface area contributed by atoms with Crippen LogP contribution in [0.5, 0.6) is 5.75 Å². The van der Waals surface area contributed by atoms with E-state index in [1.165, 1.54) is 0 Å². The SMILES string of the molecule is CN1c2ccncc2OC1/C=C/C=C(/N)S. The highest BCUT2D eigenvalue weighted by atomic mass is 32.1. The molecule has 1 aromatic rings. The number of allylic oxidation sites excluding steroid dienone is 2. The Balaban J connectivity index is 2.13. The lowest BCUT2D eigenvalue weighted by molar-refractivity contribution is 0.279. The van der Waals surface area contributed by atoms with Gasteiger partial charge in [0.05, 0.1) is 16.9 Å². The van der Waals surface area contributed by atoms with E-state index in [-0.39, 0.29) is 6.23 Å². The zero-order valence-corrected chi connectivity index (χ0v) is 9.76. The van der Waals surface area contributed by atoms with E-state index in [0.717, 1.165) is 11.4 Å². The first-order valence-electron chi connectivity index (χ1n) is 4.85. The Labute approximate surface area is 99.8 Å². The van der Waals surface area contributed by atoms with Gasteiger partial charge in [0.25, 0.3) is 0 Å². The van der Waals surface area contributed by atoms with Gasteiger partial charge in [0.2, 0.25) is 0 Å². The second kappa shape index (κ2) is 4.49. The van der Waals surface area contributed by atoms with Gasteiger partial charge in [0.1, 0.15) is 0 Å². The zero-order valence-electron chi connectivity index (χ0n) is 8.87. The molecule has 1 unspecified atom stereocenters. The molecule has 2 N–H and O–H groups in total. The molecule has 16 heavy (non-hydrogen) atoms. The lowest BCUT2D eigenvalue weighted by atomic mass is 10.3. The third-order valence-electron chi connectivity index (χ3n) is 2.31. The van der Waals surface area contributed by atoms with Crippen LogP contribution >= 0.6 is 12.6 Å². The van der Waals surface area contributed by atoms with Crippen molar-refractivity contribution in [2.24, 2.45) is 5.73 Å². The summed E-state index contributed by atoms with van der Waals surface area (Å²) in [5.74, 6) is 0.794. The number of ether oxygens (including phenoxy) is 1. The highest BCUT2D eigenvalue weighted by molar-refractivity contribution is 7.84. The molecule has 0 bridgehead atoms. The van der Waals surface area contributed by atoms with Crippen LogP contribution in [0, 0.1) is 0 Å². The van der Waals surface area contributed by atoms with Crippen molar-refractivity contribution in [3.8, 4) is 5.75 Å². The summed E-state index contributed by atoms with van der Waals surface area (Å²) in [5, 5.41) is 0.469. The van der Waals surface area contributed by atoms with Crippen LogP contribution in [0.2, 0.25) is 0 Å². The van der Waals surface area contributed by atoms with Crippen molar-refractivity contribution < 1.29 is 4.74 Å². The van der Waals surface area contributed by atoms with Gasteiger partial charge in [-0.15, -0.1) is 12.6 Å². The minimum absolute atomic E-state index is 0.122. The fourth-order valence-electron chi connectivity index (χ4n) is 1.52. The molecule has 0 spiro atoms. The van der Waals surface area contributed by atoms with Gasteiger partial charge in [0, 0.05) is 13.2 Å². The predicted molar refractivity (Wildman–Crippen MR) is 67.5 cm³/mol. The van der Waals surface area contributed by atoms with Crippen molar-refractivity contribution in [3.63, 3.8) is 0 Å². The maximum Gasteiger partial charge on any atom is 0.192 e. The van der Waals surface area contributed by atoms with Crippen LogP contribution < -0.4 is 15.4 Å². The Bertz CT molecular complexity index is 441. The van der Waals surface area contributed by atoms with Crippen molar-refractivity contribution in [3.05, 3.63) is 41.7 Å². The predicted octanol–water partition coefficient (Wildman–Crippen LogP) is 1.52. The molecule has 2 heterocycles. The van der Waals surface area contributed by atoms with Gasteiger partial charge in [-0.05, 0) is 18.2 Å². The van der Waals surface area contributed by atoms with E-state index in [0.29, 0.717) is 5.03 Å². The third-order valence-corrected chi connectivity index (χ3v) is 2.46. The first-order valence-corrected chi connectivity index (χ1v) is 5.29. The van der Waals surface area contributed by atoms with Crippen LogP contribution in [-0.2, 0) is 0 Å². The summed E-state index contributed by atoms with van der Waals surface area (Å²) in [5.41, 5.74) is 6.44. The van der Waals surface area contributed by atoms with Crippen molar-refractivity contribution >= 4 is 18.3 Å². The molecular weight excluding hydrogens is 222 g/mol. The number of nitrogens with two attached hydrogens (primary N) is 1. The van der Waals surface area contributed by atoms with E-state index in [1.807, 2.05) is 30.2 Å². The lowest BCUT2D eigenvalue weighted by Crippen LogP contribution is -2.28. The number of hydrogen-bond acceptors (Lipinski definition) is 5. The van der Waals surface area contributed by atoms with Crippen LogP contribution in [-0.4, -0.2) is 18.3 Å². The van der Waals surface area contributed by atoms with Crippen LogP contribution in [0.25, 0.3) is 0 Å². The number of pyridine rings is 1. The molecule has 1 aliphatic heterocycles. The highest BCUT2D eigenvalue weighted by Crippen LogP contribution is 2.34. The fraction of sp³-hybridized carbons (Fsp3) is 0.182. The van der Waals surface area contributed by atoms with Crippen LogP contribution in [0.3, 0.4) is 0 Å². The van der Waals surface area contributed by atoms with Crippen molar-refractivity contribution in [1.82, 2.24) is 4.98 Å². The van der Waals surface area contributed by atoms with Gasteiger partial charge >= 0.3 is 0 Å². The zero-order chi connectivity index (χ0) is 11.5. The first kappa shape index (κ1) is 10.9. The minimum atomic E-state index is -0.122. The Morgan fingerprint density at radius 2 is 2.50 bits per heavy atom. The normalized spacial score (nSPS) is 20.0. The van der Waals surface area contributed by atoms with Crippen LogP contribution in [0.15, 0.2) is 41.7 Å². The highest BCUT2D eigenvalue weighted by Gasteiger charge is 2.25. The average molecular weight is 235 g/mol. The molecule has 0 saturated carbocycles. The third kappa shape index (κ3) is 2.14. The number of nitrogens with zero attached hydrogens (tertiary/aromatic N) is 2. The van der Waals surface area contributed by atoms with Crippen LogP contribution in [0.1, 0.15) is 0 Å². The van der Waals surface area contributed by atoms with E-state index in [2.05, 4.69) is 17.6 Å². The number of anilines is 1. The van der Waals surface area contributed by atoms with Gasteiger partial charge in [-0.2, -0.15) is 0 Å². The molecular formula is C11H13N3OS. The topological polar surface area (TPSA) is 51.4 Å². The van der Waals surface area contributed by atoms with Gasteiger partial charge in [-0.1, -0.05) is 6.08 Å². The Morgan fingerprint density at radius 3 is 3.19 bits per heavy atom. The summed E-state index contributed by atoms with van der Waals surface area (Å²) in [6.07, 6.45) is 8.77. The Morgan fingerprint density at radius 1 is 1.69 bits per heavy atom. The maximum absolute atomic E-state index is 5.68. The van der Waals surface area contributed by atoms with Gasteiger partial charge in [0.15, 0.2) is 12.0 Å². The number of fused-ring (bicyclic) bond motifs is 1. The van der Waals surface area contributed by atoms with Crippen LogP contribution in [0.4, 0.5) is 5.69 Å². The average Bonchev–Trinajstić information content (AvgIpc) is 2.56. The van der Waals surface area contributed by atoms with Crippen molar-refractivity contribution in [1.29, 1.82) is 0 Å². The standard InChI is InChI=1S/C11H13N3OS/c1-14-8-5-6-13-7-9(8)15-11(14)4-2-3-10(12)16/h2-7,11,16H,12H2,1H3/b4-2+,10-3-. The van der Waals surface area contributed by atoms with E-state index in [4.69, 9.17) is 10.5 Å². The number of thiol groups is 1. The van der Waals surface area contributed by atoms with E-state index < -0.39 is 0 Å². The first-order chi connectivity index (χ1) is 7.68.